The summed E-state index contributed by atoms with van der Waals surface area (Å²) < 4.78 is 5.53. The van der Waals surface area contributed by atoms with Gasteiger partial charge in [0.1, 0.15) is 5.60 Å². The Morgan fingerprint density at radius 1 is 1.23 bits per heavy atom. The second-order valence-electron chi connectivity index (χ2n) is 10.6. The maximum Gasteiger partial charge on any atom is 0.410 e. The van der Waals surface area contributed by atoms with Crippen LogP contribution in [0.5, 0.6) is 0 Å². The summed E-state index contributed by atoms with van der Waals surface area (Å²) in [5.74, 6) is 0.657. The molecule has 1 unspecified atom stereocenters. The number of rotatable bonds is 6. The van der Waals surface area contributed by atoms with Crippen LogP contribution in [0, 0.1) is 26.7 Å². The van der Waals surface area contributed by atoms with E-state index in [-0.39, 0.29) is 24.1 Å². The molecule has 3 heterocycles. The van der Waals surface area contributed by atoms with Gasteiger partial charge in [0.05, 0.1) is 5.56 Å². The normalized spacial score (nSPS) is 15.7. The fourth-order valence-electron chi connectivity index (χ4n) is 4.93. The largest absolute Gasteiger partial charge is 0.444 e. The first-order chi connectivity index (χ1) is 16.4. The molecule has 1 saturated heterocycles. The second-order valence-corrected chi connectivity index (χ2v) is 11.5. The maximum atomic E-state index is 13.0. The summed E-state index contributed by atoms with van der Waals surface area (Å²) in [6.07, 6.45) is 2.59. The molecule has 0 saturated carbocycles. The smallest absolute Gasteiger partial charge is 0.410 e. The topological polar surface area (TPSA) is 91.5 Å². The van der Waals surface area contributed by atoms with Gasteiger partial charge in [0, 0.05) is 41.1 Å². The number of hydrogen-bond acceptors (Lipinski definition) is 5. The third-order valence-electron chi connectivity index (χ3n) is 6.78. The molecule has 2 N–H and O–H groups in total. The van der Waals surface area contributed by atoms with Crippen molar-refractivity contribution in [2.75, 3.05) is 13.1 Å². The van der Waals surface area contributed by atoms with Gasteiger partial charge in [-0.3, -0.25) is 9.59 Å². The van der Waals surface area contributed by atoms with Crippen molar-refractivity contribution in [1.29, 1.82) is 0 Å². The van der Waals surface area contributed by atoms with Crippen LogP contribution in [0.3, 0.4) is 0 Å². The molecular weight excluding hydrogens is 462 g/mol. The summed E-state index contributed by atoms with van der Waals surface area (Å²) in [6, 6.07) is 1.91. The number of aryl methyl sites for hydroxylation is 2. The number of piperidine rings is 1. The third kappa shape index (κ3) is 6.54. The average molecular weight is 502 g/mol. The third-order valence-corrected chi connectivity index (χ3v) is 7.99. The van der Waals surface area contributed by atoms with Gasteiger partial charge >= 0.3 is 6.09 Å². The van der Waals surface area contributed by atoms with Crippen molar-refractivity contribution in [2.24, 2.45) is 5.92 Å². The Morgan fingerprint density at radius 2 is 1.89 bits per heavy atom. The van der Waals surface area contributed by atoms with Crippen LogP contribution >= 0.6 is 11.3 Å². The molecule has 1 aliphatic rings. The Bertz CT molecular complexity index is 1120. The van der Waals surface area contributed by atoms with Crippen LogP contribution in [0.1, 0.15) is 90.5 Å². The summed E-state index contributed by atoms with van der Waals surface area (Å²) in [6.45, 7) is 15.2. The van der Waals surface area contributed by atoms with Crippen molar-refractivity contribution in [2.45, 2.75) is 85.8 Å². The van der Waals surface area contributed by atoms with Crippen molar-refractivity contribution in [3.63, 3.8) is 0 Å². The molecule has 1 aliphatic heterocycles. The second kappa shape index (κ2) is 11.0. The molecule has 0 radical (unpaired) electrons. The SMILES string of the molecule is CCC(c1scc(C(=O)NCc2c(C)cc(C)[nH]c2=O)c1C)C1CCN(C(=O)OC(C)(C)C)CC1. The number of aromatic amines is 1. The molecule has 35 heavy (non-hydrogen) atoms. The number of aromatic nitrogens is 1. The Hall–Kier alpha value is -2.61. The number of ether oxygens (including phenoxy) is 1. The quantitative estimate of drug-likeness (QED) is 0.552. The minimum absolute atomic E-state index is 0.154. The van der Waals surface area contributed by atoms with E-state index in [1.807, 2.05) is 57.9 Å². The predicted molar refractivity (Wildman–Crippen MR) is 140 cm³/mol. The number of pyridine rings is 1. The number of nitrogens with one attached hydrogen (secondary N) is 2. The highest BCUT2D eigenvalue weighted by Crippen LogP contribution is 2.40. The molecule has 7 nitrogen and oxygen atoms in total. The fourth-order valence-corrected chi connectivity index (χ4v) is 6.28. The van der Waals surface area contributed by atoms with Gasteiger partial charge in [-0.25, -0.2) is 4.79 Å². The lowest BCUT2D eigenvalue weighted by Gasteiger charge is -2.36. The van der Waals surface area contributed by atoms with Gasteiger partial charge in [-0.05, 0) is 89.8 Å². The number of H-pyrrole nitrogens is 1. The Balaban J connectivity index is 1.65. The monoisotopic (exact) mass is 501 g/mol. The molecule has 3 rings (SSSR count). The van der Waals surface area contributed by atoms with Crippen LogP contribution in [0.25, 0.3) is 0 Å². The van der Waals surface area contributed by atoms with Crippen molar-refractivity contribution in [1.82, 2.24) is 15.2 Å². The van der Waals surface area contributed by atoms with E-state index >= 15 is 0 Å². The van der Waals surface area contributed by atoms with Crippen molar-refractivity contribution in [3.05, 3.63) is 54.6 Å². The Labute approximate surface area is 212 Å². The summed E-state index contributed by atoms with van der Waals surface area (Å²) in [4.78, 5) is 43.5. The molecule has 0 aromatic carbocycles. The van der Waals surface area contributed by atoms with E-state index in [9.17, 15) is 14.4 Å². The lowest BCUT2D eigenvalue weighted by atomic mass is 9.80. The van der Waals surface area contributed by atoms with Crippen LogP contribution in [0.4, 0.5) is 4.79 Å². The molecule has 192 valence electrons. The highest BCUT2D eigenvalue weighted by Gasteiger charge is 2.32. The minimum Gasteiger partial charge on any atom is -0.444 e. The molecule has 2 aromatic rings. The zero-order valence-electron chi connectivity index (χ0n) is 22.0. The van der Waals surface area contributed by atoms with E-state index in [1.165, 1.54) is 4.88 Å². The summed E-state index contributed by atoms with van der Waals surface area (Å²) in [5, 5.41) is 4.87. The number of carbonyl (C=O) groups is 2. The van der Waals surface area contributed by atoms with Crippen molar-refractivity contribution >= 4 is 23.3 Å². The van der Waals surface area contributed by atoms with Gasteiger partial charge in [0.15, 0.2) is 0 Å². The minimum atomic E-state index is -0.489. The molecule has 0 bridgehead atoms. The molecule has 1 fully saturated rings. The average Bonchev–Trinajstić information content (AvgIpc) is 3.14. The summed E-state index contributed by atoms with van der Waals surface area (Å²) in [5.41, 5.74) is 3.31. The molecular formula is C27H39N3O4S. The molecule has 1 atom stereocenters. The summed E-state index contributed by atoms with van der Waals surface area (Å²) >= 11 is 1.64. The highest BCUT2D eigenvalue weighted by molar-refractivity contribution is 7.10. The predicted octanol–water partition coefficient (Wildman–Crippen LogP) is 5.43. The van der Waals surface area contributed by atoms with Gasteiger partial charge in [0.25, 0.3) is 11.5 Å². The maximum absolute atomic E-state index is 13.0. The standard InChI is InChI=1S/C27H39N3O4S/c1-8-20(19-9-11-30(12-10-19)26(33)34-27(5,6)7)23-18(4)22(15-35-23)24(31)28-14-21-16(2)13-17(3)29-25(21)32/h13,15,19-20H,8-12,14H2,1-7H3,(H,28,31)(H,29,32). The lowest BCUT2D eigenvalue weighted by molar-refractivity contribution is 0.0173. The summed E-state index contributed by atoms with van der Waals surface area (Å²) in [7, 11) is 0. The first-order valence-electron chi connectivity index (χ1n) is 12.4. The highest BCUT2D eigenvalue weighted by atomic mass is 32.1. The number of thiophene rings is 1. The van der Waals surface area contributed by atoms with E-state index < -0.39 is 5.60 Å². The zero-order valence-corrected chi connectivity index (χ0v) is 22.9. The Morgan fingerprint density at radius 3 is 2.46 bits per heavy atom. The first-order valence-corrected chi connectivity index (χ1v) is 13.3. The molecule has 0 spiro atoms. The van der Waals surface area contributed by atoms with Crippen LogP contribution in [-0.2, 0) is 11.3 Å². The molecule has 2 aromatic heterocycles. The fraction of sp³-hybridized carbons (Fsp3) is 0.593. The number of likely N-dealkylation sites (tertiary alicyclic amines) is 1. The van der Waals surface area contributed by atoms with Crippen LogP contribution < -0.4 is 10.9 Å². The van der Waals surface area contributed by atoms with Crippen molar-refractivity contribution in [3.8, 4) is 0 Å². The number of amides is 2. The van der Waals surface area contributed by atoms with Gasteiger partial charge in [0.2, 0.25) is 0 Å². The zero-order chi connectivity index (χ0) is 25.9. The van der Waals surface area contributed by atoms with Gasteiger partial charge in [-0.15, -0.1) is 11.3 Å². The molecule has 0 aliphatic carbocycles. The van der Waals surface area contributed by atoms with E-state index in [0.29, 0.717) is 36.1 Å². The van der Waals surface area contributed by atoms with E-state index in [4.69, 9.17) is 4.74 Å². The van der Waals surface area contributed by atoms with Gasteiger partial charge in [-0.1, -0.05) is 6.92 Å². The Kier molecular flexibility index (Phi) is 8.46. The van der Waals surface area contributed by atoms with Crippen LogP contribution in [-0.4, -0.2) is 40.6 Å². The first kappa shape index (κ1) is 27.0. The van der Waals surface area contributed by atoms with Crippen LogP contribution in [0.2, 0.25) is 0 Å². The lowest BCUT2D eigenvalue weighted by Crippen LogP contribution is -2.42. The van der Waals surface area contributed by atoms with E-state index in [1.54, 1.807) is 11.3 Å². The molecule has 2 amide bonds. The number of nitrogens with zero attached hydrogens (tertiary/aromatic N) is 1. The van der Waals surface area contributed by atoms with Crippen LogP contribution in [0.15, 0.2) is 16.2 Å². The number of hydrogen-bond donors (Lipinski definition) is 2. The van der Waals surface area contributed by atoms with Gasteiger partial charge < -0.3 is 19.9 Å². The number of carbonyl (C=O) groups excluding carboxylic acids is 2. The molecule has 8 heteroatoms. The van der Waals surface area contributed by atoms with E-state index in [0.717, 1.165) is 36.1 Å². The van der Waals surface area contributed by atoms with Crippen molar-refractivity contribution < 1.29 is 14.3 Å². The van der Waals surface area contributed by atoms with E-state index in [2.05, 4.69) is 17.2 Å². The van der Waals surface area contributed by atoms with Gasteiger partial charge in [-0.2, -0.15) is 0 Å².